The fraction of sp³-hybridized carbons (Fsp3) is 0.150. The Hall–Kier alpha value is -3.61. The van der Waals surface area contributed by atoms with E-state index in [9.17, 15) is 9.90 Å². The molecule has 0 aliphatic carbocycles. The molecular weight excluding hydrogens is 342 g/mol. The Morgan fingerprint density at radius 2 is 1.96 bits per heavy atom. The highest BCUT2D eigenvalue weighted by atomic mass is 16.4. The zero-order valence-electron chi connectivity index (χ0n) is 14.6. The van der Waals surface area contributed by atoms with Gasteiger partial charge in [0, 0.05) is 30.5 Å². The lowest BCUT2D eigenvalue weighted by atomic mass is 10.00. The van der Waals surface area contributed by atoms with Crippen LogP contribution in [0.1, 0.15) is 21.5 Å². The number of hydrogen-bond donors (Lipinski definition) is 3. The fourth-order valence-electron chi connectivity index (χ4n) is 3.41. The smallest absolute Gasteiger partial charge is 0.335 e. The van der Waals surface area contributed by atoms with Crippen molar-refractivity contribution in [2.75, 3.05) is 22.9 Å². The number of anilines is 3. The van der Waals surface area contributed by atoms with Gasteiger partial charge in [0.15, 0.2) is 0 Å². The maximum absolute atomic E-state index is 11.2. The van der Waals surface area contributed by atoms with Crippen LogP contribution in [-0.4, -0.2) is 27.6 Å². The van der Waals surface area contributed by atoms with Crippen LogP contribution in [0, 0.1) is 0 Å². The van der Waals surface area contributed by atoms with E-state index in [4.69, 9.17) is 11.5 Å². The first-order valence-electron chi connectivity index (χ1n) is 8.60. The standard InChI is InChI=1S/C20H19N5O2/c21-18-16(10-23-20(22)24-18)11-25-7-6-14-8-13(4-5-17(14)25)12-2-1-3-15(9-12)19(26)27/h1-5,8-10H,6-7,11H2,(H,26,27)(H4,21,22,23,24). The van der Waals surface area contributed by atoms with Crippen LogP contribution in [0.4, 0.5) is 17.5 Å². The van der Waals surface area contributed by atoms with Crippen molar-refractivity contribution in [1.29, 1.82) is 0 Å². The molecule has 4 rings (SSSR count). The van der Waals surface area contributed by atoms with Gasteiger partial charge < -0.3 is 21.5 Å². The van der Waals surface area contributed by atoms with Gasteiger partial charge in [0.05, 0.1) is 5.56 Å². The van der Waals surface area contributed by atoms with E-state index in [0.29, 0.717) is 12.4 Å². The molecule has 5 N–H and O–H groups in total. The van der Waals surface area contributed by atoms with E-state index in [0.717, 1.165) is 35.3 Å². The minimum Gasteiger partial charge on any atom is -0.478 e. The molecule has 0 amide bonds. The van der Waals surface area contributed by atoms with E-state index in [1.807, 2.05) is 12.1 Å². The second-order valence-corrected chi connectivity index (χ2v) is 6.54. The maximum atomic E-state index is 11.2. The van der Waals surface area contributed by atoms with Gasteiger partial charge in [-0.25, -0.2) is 9.78 Å². The van der Waals surface area contributed by atoms with Gasteiger partial charge in [0.25, 0.3) is 0 Å². The van der Waals surface area contributed by atoms with Crippen LogP contribution in [0.5, 0.6) is 0 Å². The van der Waals surface area contributed by atoms with Crippen molar-refractivity contribution in [3.63, 3.8) is 0 Å². The number of benzene rings is 2. The third-order valence-corrected chi connectivity index (χ3v) is 4.79. The quantitative estimate of drug-likeness (QED) is 0.653. The average Bonchev–Trinajstić information content (AvgIpc) is 3.06. The summed E-state index contributed by atoms with van der Waals surface area (Å²) in [6.45, 7) is 1.49. The number of aromatic carboxylic acids is 1. The first-order chi connectivity index (χ1) is 13.0. The van der Waals surface area contributed by atoms with Crippen LogP contribution in [-0.2, 0) is 13.0 Å². The van der Waals surface area contributed by atoms with Gasteiger partial charge in [-0.1, -0.05) is 18.2 Å². The van der Waals surface area contributed by atoms with Crippen molar-refractivity contribution < 1.29 is 9.90 Å². The van der Waals surface area contributed by atoms with Gasteiger partial charge >= 0.3 is 5.97 Å². The summed E-state index contributed by atoms with van der Waals surface area (Å²) in [7, 11) is 0. The van der Waals surface area contributed by atoms with E-state index in [-0.39, 0.29) is 11.5 Å². The Morgan fingerprint density at radius 3 is 2.74 bits per heavy atom. The number of carboxylic acid groups (broad SMARTS) is 1. The third kappa shape index (κ3) is 3.27. The van der Waals surface area contributed by atoms with Crippen LogP contribution in [0.2, 0.25) is 0 Å². The largest absolute Gasteiger partial charge is 0.478 e. The number of fused-ring (bicyclic) bond motifs is 1. The molecule has 1 aliphatic rings. The van der Waals surface area contributed by atoms with Crippen LogP contribution < -0.4 is 16.4 Å². The Kier molecular flexibility index (Phi) is 4.12. The average molecular weight is 361 g/mol. The highest BCUT2D eigenvalue weighted by molar-refractivity contribution is 5.89. The molecule has 1 aliphatic heterocycles. The topological polar surface area (TPSA) is 118 Å². The summed E-state index contributed by atoms with van der Waals surface area (Å²) < 4.78 is 0. The molecule has 0 atom stereocenters. The van der Waals surface area contributed by atoms with Crippen molar-refractivity contribution in [1.82, 2.24) is 9.97 Å². The second kappa shape index (κ2) is 6.60. The summed E-state index contributed by atoms with van der Waals surface area (Å²) in [6, 6.07) is 13.2. The van der Waals surface area contributed by atoms with Crippen molar-refractivity contribution >= 4 is 23.4 Å². The zero-order valence-corrected chi connectivity index (χ0v) is 14.6. The summed E-state index contributed by atoms with van der Waals surface area (Å²) >= 11 is 0. The molecule has 0 bridgehead atoms. The third-order valence-electron chi connectivity index (χ3n) is 4.79. The fourth-order valence-corrected chi connectivity index (χ4v) is 3.41. The monoisotopic (exact) mass is 361 g/mol. The van der Waals surface area contributed by atoms with Crippen LogP contribution in [0.15, 0.2) is 48.7 Å². The molecule has 2 heterocycles. The highest BCUT2D eigenvalue weighted by Crippen LogP contribution is 2.33. The minimum atomic E-state index is -0.924. The summed E-state index contributed by atoms with van der Waals surface area (Å²) in [5, 5.41) is 9.19. The Balaban J connectivity index is 1.61. The normalized spacial score (nSPS) is 12.8. The van der Waals surface area contributed by atoms with Crippen molar-refractivity contribution in [2.45, 2.75) is 13.0 Å². The minimum absolute atomic E-state index is 0.173. The number of nitrogen functional groups attached to an aromatic ring is 2. The number of rotatable bonds is 4. The second-order valence-electron chi connectivity index (χ2n) is 6.54. The maximum Gasteiger partial charge on any atom is 0.335 e. The van der Waals surface area contributed by atoms with Crippen LogP contribution in [0.25, 0.3) is 11.1 Å². The molecule has 0 radical (unpaired) electrons. The molecule has 2 aromatic carbocycles. The molecule has 0 fully saturated rings. The molecule has 1 aromatic heterocycles. The van der Waals surface area contributed by atoms with E-state index >= 15 is 0 Å². The molecule has 7 nitrogen and oxygen atoms in total. The Morgan fingerprint density at radius 1 is 1.15 bits per heavy atom. The first-order valence-corrected chi connectivity index (χ1v) is 8.60. The van der Waals surface area contributed by atoms with E-state index in [1.54, 1.807) is 24.4 Å². The molecule has 3 aromatic rings. The molecule has 7 heteroatoms. The van der Waals surface area contributed by atoms with Crippen LogP contribution in [0.3, 0.4) is 0 Å². The van der Waals surface area contributed by atoms with Gasteiger partial charge in [-0.2, -0.15) is 4.98 Å². The molecule has 136 valence electrons. The lowest BCUT2D eigenvalue weighted by Crippen LogP contribution is -2.21. The SMILES string of the molecule is Nc1ncc(CN2CCc3cc(-c4cccc(C(=O)O)c4)ccc32)c(N)n1. The number of hydrogen-bond acceptors (Lipinski definition) is 6. The lowest BCUT2D eigenvalue weighted by molar-refractivity contribution is 0.0697. The van der Waals surface area contributed by atoms with Gasteiger partial charge in [-0.15, -0.1) is 0 Å². The van der Waals surface area contributed by atoms with Crippen LogP contribution >= 0.6 is 0 Å². The molecule has 0 unspecified atom stereocenters. The number of carbonyl (C=O) groups is 1. The van der Waals surface area contributed by atoms with E-state index in [2.05, 4.69) is 27.0 Å². The predicted molar refractivity (Wildman–Crippen MR) is 104 cm³/mol. The zero-order chi connectivity index (χ0) is 19.0. The predicted octanol–water partition coefficient (Wildman–Crippen LogP) is 2.57. The van der Waals surface area contributed by atoms with Crippen molar-refractivity contribution in [3.8, 4) is 11.1 Å². The summed E-state index contributed by atoms with van der Waals surface area (Å²) in [5.41, 5.74) is 16.9. The number of aromatic nitrogens is 2. The Labute approximate surface area is 156 Å². The van der Waals surface area contributed by atoms with E-state index in [1.165, 1.54) is 5.56 Å². The Bertz CT molecular complexity index is 1030. The van der Waals surface area contributed by atoms with E-state index < -0.39 is 5.97 Å². The number of carboxylic acids is 1. The molecule has 0 saturated carbocycles. The van der Waals surface area contributed by atoms with Crippen molar-refractivity contribution in [2.24, 2.45) is 0 Å². The molecular formula is C20H19N5O2. The summed E-state index contributed by atoms with van der Waals surface area (Å²) in [5.74, 6) is -0.350. The van der Waals surface area contributed by atoms with Gasteiger partial charge in [-0.05, 0) is 47.4 Å². The van der Waals surface area contributed by atoms with Gasteiger partial charge in [0.1, 0.15) is 5.82 Å². The first kappa shape index (κ1) is 16.8. The number of nitrogens with two attached hydrogens (primary N) is 2. The lowest BCUT2D eigenvalue weighted by Gasteiger charge is -2.20. The molecule has 27 heavy (non-hydrogen) atoms. The van der Waals surface area contributed by atoms with Crippen molar-refractivity contribution in [3.05, 3.63) is 65.4 Å². The van der Waals surface area contributed by atoms with Gasteiger partial charge in [0.2, 0.25) is 5.95 Å². The summed E-state index contributed by atoms with van der Waals surface area (Å²) in [4.78, 5) is 21.5. The van der Waals surface area contributed by atoms with Gasteiger partial charge in [-0.3, -0.25) is 0 Å². The number of nitrogens with zero attached hydrogens (tertiary/aromatic N) is 3. The summed E-state index contributed by atoms with van der Waals surface area (Å²) in [6.07, 6.45) is 2.58. The molecule has 0 spiro atoms. The highest BCUT2D eigenvalue weighted by Gasteiger charge is 2.21. The molecule has 0 saturated heterocycles.